The van der Waals surface area contributed by atoms with Crippen LogP contribution in [-0.2, 0) is 4.65 Å². The maximum atomic E-state index is 8.40. The molecule has 0 unspecified atom stereocenters. The van der Waals surface area contributed by atoms with Gasteiger partial charge in [-0.2, -0.15) is 0 Å². The molecule has 3 aromatic carbocycles. The highest BCUT2D eigenvalue weighted by molar-refractivity contribution is 7.26. The standard InChI is InChI=1S/C25H23BNO2S/c1-24(2,28)25(3,4)29-26-23-19-11-6-5-9-15(19)17-13-14-18-16-10-7-8-12-20(16)30-22(18)21(17)27-23/h5-14,28H,1-4H3/p+1. The average molecular weight is 413 g/mol. The van der Waals surface area contributed by atoms with E-state index in [9.17, 15) is 0 Å². The summed E-state index contributed by atoms with van der Waals surface area (Å²) in [5.74, 6) is 0. The lowest BCUT2D eigenvalue weighted by Crippen LogP contribution is -2.49. The first-order valence-electron chi connectivity index (χ1n) is 10.1. The van der Waals surface area contributed by atoms with Gasteiger partial charge >= 0.3 is 7.48 Å². The van der Waals surface area contributed by atoms with Gasteiger partial charge < -0.3 is 9.76 Å². The van der Waals surface area contributed by atoms with Crippen LogP contribution in [0.1, 0.15) is 27.7 Å². The number of aromatic nitrogens is 1. The first-order valence-corrected chi connectivity index (χ1v) is 11.0. The highest BCUT2D eigenvalue weighted by Crippen LogP contribution is 2.38. The lowest BCUT2D eigenvalue weighted by Gasteiger charge is -2.33. The third-order valence-electron chi connectivity index (χ3n) is 6.22. The van der Waals surface area contributed by atoms with Gasteiger partial charge in [-0.25, -0.2) is 0 Å². The minimum atomic E-state index is -0.741. The van der Waals surface area contributed by atoms with Gasteiger partial charge in [0.2, 0.25) is 0 Å². The molecule has 0 fully saturated rings. The van der Waals surface area contributed by atoms with E-state index in [-0.39, 0.29) is 0 Å². The van der Waals surface area contributed by atoms with Gasteiger partial charge in [-0.15, -0.1) is 11.3 Å². The fraction of sp³-hybridized carbons (Fsp3) is 0.240. The van der Waals surface area contributed by atoms with Crippen molar-refractivity contribution in [2.75, 3.05) is 0 Å². The van der Waals surface area contributed by atoms with Gasteiger partial charge in [0.25, 0.3) is 0 Å². The van der Waals surface area contributed by atoms with E-state index in [1.165, 1.54) is 25.6 Å². The van der Waals surface area contributed by atoms with Gasteiger partial charge in [-0.3, -0.25) is 4.98 Å². The normalized spacial score (nSPS) is 13.0. The van der Waals surface area contributed by atoms with Crippen LogP contribution in [0, 0.1) is 0 Å². The minimum Gasteiger partial charge on any atom is -0.439 e. The molecule has 2 heterocycles. The third-order valence-corrected chi connectivity index (χ3v) is 7.41. The summed E-state index contributed by atoms with van der Waals surface area (Å²) in [6, 6.07) is 21.3. The van der Waals surface area contributed by atoms with Gasteiger partial charge in [0.15, 0.2) is 5.60 Å². The smallest absolute Gasteiger partial charge is 0.352 e. The molecule has 0 saturated heterocycles. The van der Waals surface area contributed by atoms with Crippen LogP contribution < -0.4 is 5.59 Å². The molecule has 1 radical (unpaired) electrons. The molecule has 0 amide bonds. The van der Waals surface area contributed by atoms with Crippen molar-refractivity contribution in [3.63, 3.8) is 0 Å². The minimum absolute atomic E-state index is 0.644. The van der Waals surface area contributed by atoms with Gasteiger partial charge in [0.05, 0.1) is 10.2 Å². The van der Waals surface area contributed by atoms with Crippen LogP contribution in [0.25, 0.3) is 41.8 Å². The quantitative estimate of drug-likeness (QED) is 0.228. The second-order valence-electron chi connectivity index (χ2n) is 8.85. The topological polar surface area (TPSA) is 45.0 Å². The number of pyridine rings is 1. The SMILES string of the molecule is CC(C)([OH2+])C(C)(C)O[B]c1nc2c(ccc3c4ccccc4sc32)c2ccccc12. The lowest BCUT2D eigenvalue weighted by molar-refractivity contribution is -0.0893. The van der Waals surface area contributed by atoms with E-state index in [0.717, 1.165) is 21.9 Å². The molecule has 5 aromatic rings. The molecule has 0 spiro atoms. The Kier molecular flexibility index (Phi) is 4.40. The summed E-state index contributed by atoms with van der Waals surface area (Å²) in [5.41, 5.74) is 0.425. The number of hydrogen-bond acceptors (Lipinski definition) is 3. The molecule has 2 N–H and O–H groups in total. The maximum absolute atomic E-state index is 8.40. The van der Waals surface area contributed by atoms with E-state index in [1.807, 2.05) is 33.8 Å². The van der Waals surface area contributed by atoms with E-state index < -0.39 is 11.2 Å². The summed E-state index contributed by atoms with van der Waals surface area (Å²) in [7, 11) is 1.74. The van der Waals surface area contributed by atoms with Gasteiger partial charge in [0.1, 0.15) is 5.60 Å². The van der Waals surface area contributed by atoms with E-state index in [1.54, 1.807) is 18.8 Å². The molecule has 0 saturated carbocycles. The van der Waals surface area contributed by atoms with E-state index in [0.29, 0.717) is 0 Å². The zero-order valence-corrected chi connectivity index (χ0v) is 18.4. The number of fused-ring (bicyclic) bond motifs is 7. The van der Waals surface area contributed by atoms with E-state index in [4.69, 9.17) is 14.7 Å². The van der Waals surface area contributed by atoms with Crippen molar-refractivity contribution in [2.45, 2.75) is 38.9 Å². The zero-order chi connectivity index (χ0) is 21.1. The second-order valence-corrected chi connectivity index (χ2v) is 9.90. The molecule has 0 atom stereocenters. The number of rotatable bonds is 4. The summed E-state index contributed by atoms with van der Waals surface area (Å²) in [6.45, 7) is 7.63. The second kappa shape index (κ2) is 6.77. The molecule has 0 aliphatic rings. The van der Waals surface area contributed by atoms with Crippen LogP contribution >= 0.6 is 11.3 Å². The Morgan fingerprint density at radius 1 is 0.800 bits per heavy atom. The van der Waals surface area contributed by atoms with Gasteiger partial charge in [0, 0.05) is 40.3 Å². The van der Waals surface area contributed by atoms with Crippen molar-refractivity contribution >= 4 is 66.3 Å². The van der Waals surface area contributed by atoms with Crippen LogP contribution in [0.15, 0.2) is 60.7 Å². The number of hydrogen-bond donors (Lipinski definition) is 0. The molecule has 149 valence electrons. The molecule has 5 rings (SSSR count). The Morgan fingerprint density at radius 2 is 1.43 bits per heavy atom. The van der Waals surface area contributed by atoms with Crippen molar-refractivity contribution < 1.29 is 9.76 Å². The fourth-order valence-corrected chi connectivity index (χ4v) is 4.86. The van der Waals surface area contributed by atoms with Crippen molar-refractivity contribution in [3.8, 4) is 0 Å². The van der Waals surface area contributed by atoms with Gasteiger partial charge in [-0.05, 0) is 30.7 Å². The Bertz CT molecular complexity index is 1420. The summed E-state index contributed by atoms with van der Waals surface area (Å²) < 4.78 is 8.61. The first-order chi connectivity index (χ1) is 14.3. The first kappa shape index (κ1) is 19.5. The largest absolute Gasteiger partial charge is 0.439 e. The average Bonchev–Trinajstić information content (AvgIpc) is 3.10. The van der Waals surface area contributed by atoms with Crippen molar-refractivity contribution in [1.29, 1.82) is 0 Å². The molecular formula is C25H24BNO2S+. The number of thiophene rings is 1. The Morgan fingerprint density at radius 3 is 2.17 bits per heavy atom. The van der Waals surface area contributed by atoms with E-state index in [2.05, 4.69) is 54.6 Å². The van der Waals surface area contributed by atoms with Gasteiger partial charge in [-0.1, -0.05) is 54.6 Å². The predicted molar refractivity (Wildman–Crippen MR) is 130 cm³/mol. The summed E-state index contributed by atoms with van der Waals surface area (Å²) in [4.78, 5) is 5.08. The van der Waals surface area contributed by atoms with Crippen LogP contribution in [-0.4, -0.2) is 28.8 Å². The Balaban J connectivity index is 1.76. The van der Waals surface area contributed by atoms with Crippen LogP contribution in [0.2, 0.25) is 0 Å². The molecule has 0 aliphatic carbocycles. The number of benzene rings is 3. The predicted octanol–water partition coefficient (Wildman–Crippen LogP) is 5.30. The third kappa shape index (κ3) is 3.00. The molecule has 30 heavy (non-hydrogen) atoms. The van der Waals surface area contributed by atoms with Crippen LogP contribution in [0.3, 0.4) is 0 Å². The summed E-state index contributed by atoms with van der Waals surface area (Å²) in [6.07, 6.45) is 0. The Labute approximate surface area is 180 Å². The molecule has 5 heteroatoms. The van der Waals surface area contributed by atoms with Crippen LogP contribution in [0.5, 0.6) is 0 Å². The zero-order valence-electron chi connectivity index (χ0n) is 17.6. The molecular weight excluding hydrogens is 389 g/mol. The highest BCUT2D eigenvalue weighted by atomic mass is 32.1. The summed E-state index contributed by atoms with van der Waals surface area (Å²) >= 11 is 1.79. The summed E-state index contributed by atoms with van der Waals surface area (Å²) in [5, 5.41) is 14.3. The molecule has 0 aliphatic heterocycles. The highest BCUT2D eigenvalue weighted by Gasteiger charge is 2.40. The fourth-order valence-electron chi connectivity index (χ4n) is 3.67. The van der Waals surface area contributed by atoms with Crippen molar-refractivity contribution in [2.24, 2.45) is 0 Å². The monoisotopic (exact) mass is 413 g/mol. The molecule has 3 nitrogen and oxygen atoms in total. The molecule has 2 aromatic heterocycles. The van der Waals surface area contributed by atoms with Crippen molar-refractivity contribution in [3.05, 3.63) is 60.7 Å². The maximum Gasteiger partial charge on any atom is 0.352 e. The number of nitrogens with zero attached hydrogens (tertiary/aromatic N) is 1. The van der Waals surface area contributed by atoms with E-state index >= 15 is 0 Å². The van der Waals surface area contributed by atoms with Crippen LogP contribution in [0.4, 0.5) is 0 Å². The molecule has 0 bridgehead atoms. The van der Waals surface area contributed by atoms with Crippen molar-refractivity contribution in [1.82, 2.24) is 4.98 Å². The lowest BCUT2D eigenvalue weighted by atomic mass is 9.83. The Hall–Kier alpha value is -2.47.